The minimum absolute atomic E-state index is 0.142. The Morgan fingerprint density at radius 1 is 1.03 bits per heavy atom. The zero-order valence-corrected chi connectivity index (χ0v) is 22.4. The van der Waals surface area contributed by atoms with Crippen molar-refractivity contribution in [1.29, 1.82) is 0 Å². The van der Waals surface area contributed by atoms with Crippen LogP contribution >= 0.6 is 0 Å². The predicted octanol–water partition coefficient (Wildman–Crippen LogP) is 3.77. The van der Waals surface area contributed by atoms with E-state index in [0.717, 1.165) is 11.1 Å². The molecule has 1 aromatic rings. The largest absolute Gasteiger partial charge is 0.444 e. The molecule has 8 heteroatoms. The van der Waals surface area contributed by atoms with E-state index in [9.17, 15) is 19.5 Å². The lowest BCUT2D eigenvalue weighted by molar-refractivity contribution is -0.150. The summed E-state index contributed by atoms with van der Waals surface area (Å²) in [4.78, 5) is 41.2. The van der Waals surface area contributed by atoms with E-state index in [4.69, 9.17) is 4.74 Å². The molecular weight excluding hydrogens is 434 g/mol. The van der Waals surface area contributed by atoms with Crippen LogP contribution in [0.1, 0.15) is 84.5 Å². The highest BCUT2D eigenvalue weighted by molar-refractivity contribution is 5.92. The Morgan fingerprint density at radius 3 is 2.06 bits per heavy atom. The molecular formula is C26H43N3O5. The Morgan fingerprint density at radius 2 is 1.62 bits per heavy atom. The second-order valence-corrected chi connectivity index (χ2v) is 10.7. The van der Waals surface area contributed by atoms with Gasteiger partial charge in [0, 0.05) is 11.6 Å². The van der Waals surface area contributed by atoms with E-state index in [-0.39, 0.29) is 11.9 Å². The number of hydrogen-bond donors (Lipinski definition) is 3. The fourth-order valence-corrected chi connectivity index (χ4v) is 3.46. The van der Waals surface area contributed by atoms with Gasteiger partial charge in [-0.3, -0.25) is 9.59 Å². The zero-order chi connectivity index (χ0) is 26.4. The Labute approximate surface area is 204 Å². The fraction of sp³-hybridized carbons (Fsp3) is 0.654. The van der Waals surface area contributed by atoms with Gasteiger partial charge in [-0.1, -0.05) is 25.1 Å². The van der Waals surface area contributed by atoms with Gasteiger partial charge in [0.2, 0.25) is 11.8 Å². The molecule has 0 aromatic heterocycles. The number of carbonyl (C=O) groups is 3. The number of ether oxygens (including phenoxy) is 1. The summed E-state index contributed by atoms with van der Waals surface area (Å²) in [5, 5.41) is 15.4. The highest BCUT2D eigenvalue weighted by Crippen LogP contribution is 2.33. The molecule has 0 radical (unpaired) electrons. The van der Waals surface area contributed by atoms with Crippen molar-refractivity contribution in [3.05, 3.63) is 34.9 Å². The first-order valence-electron chi connectivity index (χ1n) is 11.8. The molecule has 2 atom stereocenters. The third-order valence-corrected chi connectivity index (χ3v) is 5.71. The van der Waals surface area contributed by atoms with Crippen LogP contribution in [-0.2, 0) is 14.3 Å². The van der Waals surface area contributed by atoms with Gasteiger partial charge in [-0.15, -0.1) is 0 Å². The fourth-order valence-electron chi connectivity index (χ4n) is 3.46. The minimum atomic E-state index is -1.28. The molecule has 0 heterocycles. The van der Waals surface area contributed by atoms with Gasteiger partial charge < -0.3 is 25.4 Å². The number of rotatable bonds is 9. The van der Waals surface area contributed by atoms with E-state index in [1.165, 1.54) is 4.90 Å². The molecule has 0 spiro atoms. The van der Waals surface area contributed by atoms with Crippen molar-refractivity contribution in [2.45, 2.75) is 105 Å². The van der Waals surface area contributed by atoms with Crippen molar-refractivity contribution in [1.82, 2.24) is 15.5 Å². The molecule has 0 fully saturated rings. The van der Waals surface area contributed by atoms with Crippen LogP contribution in [0, 0.1) is 13.8 Å². The Bertz CT molecular complexity index is 874. The molecule has 0 bridgehead atoms. The third-order valence-electron chi connectivity index (χ3n) is 5.71. The average molecular weight is 478 g/mol. The maximum Gasteiger partial charge on any atom is 0.408 e. The first kappa shape index (κ1) is 29.4. The predicted molar refractivity (Wildman–Crippen MR) is 133 cm³/mol. The van der Waals surface area contributed by atoms with E-state index in [2.05, 4.69) is 10.6 Å². The number of nitrogens with one attached hydrogen (secondary N) is 2. The van der Waals surface area contributed by atoms with E-state index in [0.29, 0.717) is 12.0 Å². The SMILES string of the molecule is CCC(C)(C)N(C(=O)C(CO)NC(=O)OC(C)(C)C)C(C(=O)NC(C)C)c1ccc(C)c(C)c1. The number of aliphatic hydroxyl groups excluding tert-OH is 1. The highest BCUT2D eigenvalue weighted by Gasteiger charge is 2.43. The van der Waals surface area contributed by atoms with Crippen LogP contribution in [0.5, 0.6) is 0 Å². The van der Waals surface area contributed by atoms with Crippen LogP contribution in [-0.4, -0.2) is 57.7 Å². The van der Waals surface area contributed by atoms with Gasteiger partial charge in [0.05, 0.1) is 6.61 Å². The molecule has 2 unspecified atom stereocenters. The molecule has 1 rings (SSSR count). The van der Waals surface area contributed by atoms with Gasteiger partial charge in [-0.2, -0.15) is 0 Å². The summed E-state index contributed by atoms with van der Waals surface area (Å²) in [6.07, 6.45) is -0.275. The van der Waals surface area contributed by atoms with E-state index >= 15 is 0 Å². The summed E-state index contributed by atoms with van der Waals surface area (Å²) < 4.78 is 5.27. The van der Waals surface area contributed by atoms with E-state index in [1.807, 2.05) is 66.7 Å². The maximum atomic E-state index is 13.9. The van der Waals surface area contributed by atoms with Gasteiger partial charge in [0.15, 0.2) is 0 Å². The number of amides is 3. The monoisotopic (exact) mass is 477 g/mol. The van der Waals surface area contributed by atoms with Crippen LogP contribution in [0.3, 0.4) is 0 Å². The topological polar surface area (TPSA) is 108 Å². The number of aliphatic hydroxyl groups is 1. The molecule has 0 saturated carbocycles. The van der Waals surface area contributed by atoms with Crippen molar-refractivity contribution >= 4 is 17.9 Å². The zero-order valence-electron chi connectivity index (χ0n) is 22.4. The summed E-state index contributed by atoms with van der Waals surface area (Å²) in [5.41, 5.74) is 1.18. The van der Waals surface area contributed by atoms with Crippen molar-refractivity contribution in [3.8, 4) is 0 Å². The first-order chi connectivity index (χ1) is 15.5. The van der Waals surface area contributed by atoms with Gasteiger partial charge in [-0.25, -0.2) is 4.79 Å². The van der Waals surface area contributed by atoms with E-state index in [1.54, 1.807) is 20.8 Å². The van der Waals surface area contributed by atoms with Crippen molar-refractivity contribution in [3.63, 3.8) is 0 Å². The van der Waals surface area contributed by atoms with Gasteiger partial charge in [0.25, 0.3) is 0 Å². The molecule has 0 saturated heterocycles. The van der Waals surface area contributed by atoms with Gasteiger partial charge in [0.1, 0.15) is 17.7 Å². The summed E-state index contributed by atoms with van der Waals surface area (Å²) in [6, 6.07) is 3.29. The number of benzene rings is 1. The average Bonchev–Trinajstić information content (AvgIpc) is 2.69. The number of nitrogens with zero attached hydrogens (tertiary/aromatic N) is 1. The van der Waals surface area contributed by atoms with E-state index < -0.39 is 41.8 Å². The number of hydrogen-bond acceptors (Lipinski definition) is 5. The van der Waals surface area contributed by atoms with Crippen LogP contribution in [0.2, 0.25) is 0 Å². The van der Waals surface area contributed by atoms with Gasteiger partial charge >= 0.3 is 6.09 Å². The molecule has 1 aromatic carbocycles. The van der Waals surface area contributed by atoms with Crippen LogP contribution < -0.4 is 10.6 Å². The summed E-state index contributed by atoms with van der Waals surface area (Å²) in [7, 11) is 0. The second kappa shape index (κ2) is 11.7. The molecule has 3 amide bonds. The summed E-state index contributed by atoms with van der Waals surface area (Å²) in [6.45, 7) is 17.8. The molecule has 0 aliphatic heterocycles. The molecule has 0 aliphatic carbocycles. The minimum Gasteiger partial charge on any atom is -0.444 e. The molecule has 192 valence electrons. The van der Waals surface area contributed by atoms with Crippen molar-refractivity contribution in [2.24, 2.45) is 0 Å². The van der Waals surface area contributed by atoms with Crippen molar-refractivity contribution < 1.29 is 24.2 Å². The normalized spacial score (nSPS) is 13.8. The number of alkyl carbamates (subject to hydrolysis) is 1. The summed E-state index contributed by atoms with van der Waals surface area (Å²) >= 11 is 0. The number of aryl methyl sites for hydroxylation is 2. The molecule has 8 nitrogen and oxygen atoms in total. The second-order valence-electron chi connectivity index (χ2n) is 10.7. The molecule has 0 aliphatic rings. The Balaban J connectivity index is 3.58. The number of carbonyl (C=O) groups excluding carboxylic acids is 3. The van der Waals surface area contributed by atoms with Gasteiger partial charge in [-0.05, 0) is 85.4 Å². The van der Waals surface area contributed by atoms with Crippen molar-refractivity contribution in [2.75, 3.05) is 6.61 Å². The maximum absolute atomic E-state index is 13.9. The Hall–Kier alpha value is -2.61. The third kappa shape index (κ3) is 8.01. The lowest BCUT2D eigenvalue weighted by atomic mass is 9.91. The lowest BCUT2D eigenvalue weighted by Crippen LogP contribution is -2.60. The summed E-state index contributed by atoms with van der Waals surface area (Å²) in [5.74, 6) is -0.899. The van der Waals surface area contributed by atoms with Crippen LogP contribution in [0.15, 0.2) is 18.2 Å². The molecule has 3 N–H and O–H groups in total. The first-order valence-corrected chi connectivity index (χ1v) is 11.8. The molecule has 34 heavy (non-hydrogen) atoms. The quantitative estimate of drug-likeness (QED) is 0.502. The van der Waals surface area contributed by atoms with Crippen LogP contribution in [0.25, 0.3) is 0 Å². The van der Waals surface area contributed by atoms with Crippen LogP contribution in [0.4, 0.5) is 4.79 Å². The standard InChI is InChI=1S/C26H43N3O5/c1-11-26(9,10)29(23(32)20(15-30)28-24(33)34-25(6,7)8)21(22(31)27-16(2)3)19-13-12-17(4)18(5)14-19/h12-14,16,20-21,30H,11,15H2,1-10H3,(H,27,31)(H,28,33). The highest BCUT2D eigenvalue weighted by atomic mass is 16.6. The lowest BCUT2D eigenvalue weighted by Gasteiger charge is -2.44. The smallest absolute Gasteiger partial charge is 0.408 e. The Kier molecular flexibility index (Phi) is 10.1.